The molecule has 1 N–H and O–H groups in total. The Hall–Kier alpha value is -0.930. The molecule has 0 aliphatic heterocycles. The van der Waals surface area contributed by atoms with E-state index in [0.717, 1.165) is 23.1 Å². The molecule has 2 nitrogen and oxygen atoms in total. The van der Waals surface area contributed by atoms with Crippen LogP contribution in [0.4, 0.5) is 0 Å². The molecule has 0 saturated carbocycles. The predicted octanol–water partition coefficient (Wildman–Crippen LogP) is 3.54. The molecule has 0 aliphatic carbocycles. The van der Waals surface area contributed by atoms with Gasteiger partial charge in [-0.3, -0.25) is 0 Å². The SMILES string of the molecule is CC(C)NCCc1ccc2ccc(Br)nc2c1. The molecule has 0 radical (unpaired) electrons. The van der Waals surface area contributed by atoms with Crippen molar-refractivity contribution in [2.75, 3.05) is 6.54 Å². The highest BCUT2D eigenvalue weighted by Crippen LogP contribution is 2.17. The van der Waals surface area contributed by atoms with Crippen molar-refractivity contribution in [3.8, 4) is 0 Å². The Kier molecular flexibility index (Phi) is 4.13. The summed E-state index contributed by atoms with van der Waals surface area (Å²) in [6.45, 7) is 5.34. The van der Waals surface area contributed by atoms with Crippen LogP contribution < -0.4 is 5.32 Å². The van der Waals surface area contributed by atoms with Crippen molar-refractivity contribution >= 4 is 26.8 Å². The number of fused-ring (bicyclic) bond motifs is 1. The normalized spacial score (nSPS) is 11.3. The molecule has 0 aliphatic rings. The van der Waals surface area contributed by atoms with Gasteiger partial charge in [-0.2, -0.15) is 0 Å². The Bertz CT molecular complexity index is 509. The predicted molar refractivity (Wildman–Crippen MR) is 76.3 cm³/mol. The Labute approximate surface area is 111 Å². The van der Waals surface area contributed by atoms with Crippen molar-refractivity contribution in [2.24, 2.45) is 0 Å². The summed E-state index contributed by atoms with van der Waals surface area (Å²) >= 11 is 3.41. The minimum atomic E-state index is 0.544. The van der Waals surface area contributed by atoms with Crippen molar-refractivity contribution < 1.29 is 0 Å². The molecule has 0 bridgehead atoms. The number of halogens is 1. The molecule has 0 spiro atoms. The lowest BCUT2D eigenvalue weighted by molar-refractivity contribution is 0.590. The van der Waals surface area contributed by atoms with Crippen molar-refractivity contribution in [1.82, 2.24) is 10.3 Å². The van der Waals surface area contributed by atoms with Gasteiger partial charge in [-0.05, 0) is 46.6 Å². The van der Waals surface area contributed by atoms with E-state index in [1.54, 1.807) is 0 Å². The summed E-state index contributed by atoms with van der Waals surface area (Å²) in [6, 6.07) is 11.1. The van der Waals surface area contributed by atoms with Gasteiger partial charge in [0.1, 0.15) is 4.60 Å². The molecule has 0 unspecified atom stereocenters. The average Bonchev–Trinajstić information content (AvgIpc) is 2.28. The number of nitrogens with one attached hydrogen (secondary N) is 1. The van der Waals surface area contributed by atoms with Gasteiger partial charge in [0.05, 0.1) is 5.52 Å². The number of rotatable bonds is 4. The molecule has 90 valence electrons. The topological polar surface area (TPSA) is 24.9 Å². The van der Waals surface area contributed by atoms with E-state index < -0.39 is 0 Å². The first kappa shape index (κ1) is 12.5. The third-order valence-electron chi connectivity index (χ3n) is 2.69. The first-order valence-corrected chi connectivity index (χ1v) is 6.73. The molecular formula is C14H17BrN2. The number of hydrogen-bond acceptors (Lipinski definition) is 2. The number of hydrogen-bond donors (Lipinski definition) is 1. The fraction of sp³-hybridized carbons (Fsp3) is 0.357. The third-order valence-corrected chi connectivity index (χ3v) is 3.13. The number of nitrogens with zero attached hydrogens (tertiary/aromatic N) is 1. The highest BCUT2D eigenvalue weighted by atomic mass is 79.9. The first-order valence-electron chi connectivity index (χ1n) is 5.94. The Morgan fingerprint density at radius 3 is 2.76 bits per heavy atom. The van der Waals surface area contributed by atoms with Crippen molar-refractivity contribution in [2.45, 2.75) is 26.3 Å². The van der Waals surface area contributed by atoms with E-state index in [1.165, 1.54) is 10.9 Å². The van der Waals surface area contributed by atoms with Crippen LogP contribution in [0, 0.1) is 0 Å². The quantitative estimate of drug-likeness (QED) is 0.872. The molecule has 0 saturated heterocycles. The molecule has 1 heterocycles. The molecule has 3 heteroatoms. The van der Waals surface area contributed by atoms with Crippen molar-refractivity contribution in [3.63, 3.8) is 0 Å². The van der Waals surface area contributed by atoms with Crippen LogP contribution in [-0.2, 0) is 6.42 Å². The Morgan fingerprint density at radius 2 is 2.00 bits per heavy atom. The lowest BCUT2D eigenvalue weighted by Crippen LogP contribution is -2.24. The molecule has 2 rings (SSSR count). The zero-order chi connectivity index (χ0) is 12.3. The van der Waals surface area contributed by atoms with E-state index in [0.29, 0.717) is 6.04 Å². The van der Waals surface area contributed by atoms with Gasteiger partial charge >= 0.3 is 0 Å². The summed E-state index contributed by atoms with van der Waals surface area (Å²) in [4.78, 5) is 4.48. The van der Waals surface area contributed by atoms with Gasteiger partial charge in [-0.15, -0.1) is 0 Å². The molecule has 1 aromatic carbocycles. The minimum absolute atomic E-state index is 0.544. The van der Waals surface area contributed by atoms with Crippen LogP contribution >= 0.6 is 15.9 Å². The summed E-state index contributed by atoms with van der Waals surface area (Å²) in [5.41, 5.74) is 2.39. The van der Waals surface area contributed by atoms with Crippen LogP contribution in [0.2, 0.25) is 0 Å². The number of pyridine rings is 1. The van der Waals surface area contributed by atoms with Gasteiger partial charge in [0.2, 0.25) is 0 Å². The summed E-state index contributed by atoms with van der Waals surface area (Å²) in [5.74, 6) is 0. The van der Waals surface area contributed by atoms with E-state index in [9.17, 15) is 0 Å². The molecular weight excluding hydrogens is 276 g/mol. The summed E-state index contributed by atoms with van der Waals surface area (Å²) in [7, 11) is 0. The lowest BCUT2D eigenvalue weighted by atomic mass is 10.1. The van der Waals surface area contributed by atoms with Crippen molar-refractivity contribution in [3.05, 3.63) is 40.5 Å². The largest absolute Gasteiger partial charge is 0.314 e. The molecule has 17 heavy (non-hydrogen) atoms. The minimum Gasteiger partial charge on any atom is -0.314 e. The Balaban J connectivity index is 2.13. The van der Waals surface area contributed by atoms with E-state index in [-0.39, 0.29) is 0 Å². The zero-order valence-corrected chi connectivity index (χ0v) is 11.8. The molecule has 0 atom stereocenters. The van der Waals surface area contributed by atoms with Crippen LogP contribution in [0.1, 0.15) is 19.4 Å². The van der Waals surface area contributed by atoms with Crippen LogP contribution in [0.5, 0.6) is 0 Å². The van der Waals surface area contributed by atoms with E-state index >= 15 is 0 Å². The number of aromatic nitrogens is 1. The molecule has 0 amide bonds. The molecule has 0 fully saturated rings. The first-order chi connectivity index (χ1) is 8.15. The van der Waals surface area contributed by atoms with Crippen LogP contribution in [0.25, 0.3) is 10.9 Å². The second-order valence-corrected chi connectivity index (χ2v) is 5.33. The van der Waals surface area contributed by atoms with Gasteiger partial charge in [-0.1, -0.05) is 32.0 Å². The van der Waals surface area contributed by atoms with E-state index in [1.807, 2.05) is 6.07 Å². The monoisotopic (exact) mass is 292 g/mol. The second kappa shape index (κ2) is 5.61. The highest BCUT2D eigenvalue weighted by Gasteiger charge is 1.99. The molecule has 1 aromatic heterocycles. The standard InChI is InChI=1S/C14H17BrN2/c1-10(2)16-8-7-11-3-4-12-5-6-14(15)17-13(12)9-11/h3-6,9-10,16H,7-8H2,1-2H3. The van der Waals surface area contributed by atoms with Crippen LogP contribution in [0.15, 0.2) is 34.9 Å². The Morgan fingerprint density at radius 1 is 1.24 bits per heavy atom. The second-order valence-electron chi connectivity index (χ2n) is 4.52. The van der Waals surface area contributed by atoms with Gasteiger partial charge < -0.3 is 5.32 Å². The van der Waals surface area contributed by atoms with Crippen molar-refractivity contribution in [1.29, 1.82) is 0 Å². The van der Waals surface area contributed by atoms with Gasteiger partial charge in [0, 0.05) is 11.4 Å². The third kappa shape index (κ3) is 3.51. The number of benzene rings is 1. The summed E-state index contributed by atoms with van der Waals surface area (Å²) in [6.07, 6.45) is 1.04. The fourth-order valence-corrected chi connectivity index (χ4v) is 2.12. The average molecular weight is 293 g/mol. The van der Waals surface area contributed by atoms with Gasteiger partial charge in [0.15, 0.2) is 0 Å². The zero-order valence-electron chi connectivity index (χ0n) is 10.2. The fourth-order valence-electron chi connectivity index (χ4n) is 1.80. The summed E-state index contributed by atoms with van der Waals surface area (Å²) < 4.78 is 0.891. The van der Waals surface area contributed by atoms with Crippen LogP contribution in [-0.4, -0.2) is 17.6 Å². The smallest absolute Gasteiger partial charge is 0.106 e. The maximum Gasteiger partial charge on any atom is 0.106 e. The van der Waals surface area contributed by atoms with Crippen LogP contribution in [0.3, 0.4) is 0 Å². The molecule has 2 aromatic rings. The van der Waals surface area contributed by atoms with Gasteiger partial charge in [0.25, 0.3) is 0 Å². The van der Waals surface area contributed by atoms with Gasteiger partial charge in [-0.25, -0.2) is 4.98 Å². The maximum absolute atomic E-state index is 4.48. The highest BCUT2D eigenvalue weighted by molar-refractivity contribution is 9.10. The maximum atomic E-state index is 4.48. The summed E-state index contributed by atoms with van der Waals surface area (Å²) in [5, 5.41) is 4.61. The lowest BCUT2D eigenvalue weighted by Gasteiger charge is -2.08. The van der Waals surface area contributed by atoms with E-state index in [4.69, 9.17) is 0 Å². The van der Waals surface area contributed by atoms with E-state index in [2.05, 4.69) is 64.3 Å².